The molecule has 1 aliphatic heterocycles. The number of halogens is 1. The molecule has 0 amide bonds. The molecule has 1 aromatic rings. The third kappa shape index (κ3) is 2.24. The van der Waals surface area contributed by atoms with Gasteiger partial charge < -0.3 is 0 Å². The topological polar surface area (TPSA) is 12.0 Å². The molecule has 3 heteroatoms. The van der Waals surface area contributed by atoms with Crippen molar-refractivity contribution in [2.24, 2.45) is 5.92 Å². The molecule has 2 rings (SSSR count). The van der Waals surface area contributed by atoms with Crippen LogP contribution in [-0.2, 0) is 5.54 Å². The molecule has 1 aliphatic rings. The number of hydrogen-bond acceptors (Lipinski definition) is 2. The van der Waals surface area contributed by atoms with E-state index in [2.05, 4.69) is 59.6 Å². The molecule has 1 nitrogen and oxygen atoms in total. The van der Waals surface area contributed by atoms with Gasteiger partial charge in [0.1, 0.15) is 0 Å². The van der Waals surface area contributed by atoms with Gasteiger partial charge in [0.15, 0.2) is 0 Å². The fourth-order valence-electron chi connectivity index (χ4n) is 2.21. The van der Waals surface area contributed by atoms with E-state index in [-0.39, 0.29) is 5.54 Å². The zero-order valence-electron chi connectivity index (χ0n) is 9.30. The van der Waals surface area contributed by atoms with Crippen molar-refractivity contribution in [3.63, 3.8) is 0 Å². The lowest BCUT2D eigenvalue weighted by Crippen LogP contribution is -2.32. The predicted molar refractivity (Wildman–Crippen MR) is 69.9 cm³/mol. The maximum atomic E-state index is 3.55. The molecule has 0 radical (unpaired) electrons. The van der Waals surface area contributed by atoms with Crippen LogP contribution in [0.3, 0.4) is 0 Å². The first kappa shape index (κ1) is 11.5. The van der Waals surface area contributed by atoms with E-state index in [0.717, 1.165) is 0 Å². The number of nitrogens with one attached hydrogen (secondary N) is 1. The van der Waals surface area contributed by atoms with E-state index < -0.39 is 0 Å². The summed E-state index contributed by atoms with van der Waals surface area (Å²) in [6.07, 6.45) is 1.17. The molecular formula is C12H16BrNS. The SMILES string of the molecule is CC(C)CC1(C)NSc2ccc(Br)cc21. The van der Waals surface area contributed by atoms with E-state index >= 15 is 0 Å². The molecule has 1 N–H and O–H groups in total. The second-order valence-corrected chi connectivity index (χ2v) is 6.54. The number of fused-ring (bicyclic) bond motifs is 1. The number of rotatable bonds is 2. The molecule has 1 atom stereocenters. The van der Waals surface area contributed by atoms with Crippen molar-refractivity contribution in [3.8, 4) is 0 Å². The second-order valence-electron chi connectivity index (χ2n) is 4.77. The van der Waals surface area contributed by atoms with Crippen molar-refractivity contribution in [2.45, 2.75) is 37.6 Å². The smallest absolute Gasteiger partial charge is 0.0520 e. The van der Waals surface area contributed by atoms with Gasteiger partial charge in [-0.1, -0.05) is 29.8 Å². The zero-order chi connectivity index (χ0) is 11.1. The number of hydrogen-bond donors (Lipinski definition) is 1. The first-order valence-electron chi connectivity index (χ1n) is 5.25. The maximum absolute atomic E-state index is 3.55. The quantitative estimate of drug-likeness (QED) is 0.813. The van der Waals surface area contributed by atoms with Crippen LogP contribution in [0.25, 0.3) is 0 Å². The Labute approximate surface area is 104 Å². The van der Waals surface area contributed by atoms with E-state index in [0.29, 0.717) is 5.92 Å². The van der Waals surface area contributed by atoms with Gasteiger partial charge in [-0.25, -0.2) is 4.72 Å². The molecule has 0 saturated heterocycles. The minimum absolute atomic E-state index is 0.123. The van der Waals surface area contributed by atoms with Crippen LogP contribution < -0.4 is 4.72 Å². The third-order valence-electron chi connectivity index (χ3n) is 2.74. The van der Waals surface area contributed by atoms with Crippen LogP contribution in [0.2, 0.25) is 0 Å². The van der Waals surface area contributed by atoms with Gasteiger partial charge in [-0.2, -0.15) is 0 Å². The van der Waals surface area contributed by atoms with Crippen LogP contribution in [0.5, 0.6) is 0 Å². The van der Waals surface area contributed by atoms with Crippen LogP contribution in [-0.4, -0.2) is 0 Å². The Morgan fingerprint density at radius 2 is 2.20 bits per heavy atom. The van der Waals surface area contributed by atoms with E-state index in [1.165, 1.54) is 21.4 Å². The summed E-state index contributed by atoms with van der Waals surface area (Å²) in [6, 6.07) is 6.53. The summed E-state index contributed by atoms with van der Waals surface area (Å²) in [4.78, 5) is 1.36. The van der Waals surface area contributed by atoms with Gasteiger partial charge in [0, 0.05) is 9.37 Å². The highest BCUT2D eigenvalue weighted by Gasteiger charge is 2.35. The van der Waals surface area contributed by atoms with Crippen molar-refractivity contribution in [1.82, 2.24) is 4.72 Å². The summed E-state index contributed by atoms with van der Waals surface area (Å²) in [6.45, 7) is 6.83. The fraction of sp³-hybridized carbons (Fsp3) is 0.500. The first-order valence-corrected chi connectivity index (χ1v) is 6.86. The molecule has 0 spiro atoms. The van der Waals surface area contributed by atoms with E-state index in [1.54, 1.807) is 11.9 Å². The molecule has 15 heavy (non-hydrogen) atoms. The lowest BCUT2D eigenvalue weighted by molar-refractivity contribution is 0.359. The molecule has 0 fully saturated rings. The Balaban J connectivity index is 2.37. The van der Waals surface area contributed by atoms with Crippen molar-refractivity contribution < 1.29 is 0 Å². The minimum Gasteiger partial charge on any atom is -0.250 e. The normalized spacial score (nSPS) is 24.6. The Hall–Kier alpha value is 0.01000. The van der Waals surface area contributed by atoms with Gasteiger partial charge >= 0.3 is 0 Å². The molecule has 1 unspecified atom stereocenters. The molecule has 0 saturated carbocycles. The molecule has 1 heterocycles. The van der Waals surface area contributed by atoms with Crippen molar-refractivity contribution in [3.05, 3.63) is 28.2 Å². The molecule has 82 valence electrons. The first-order chi connectivity index (χ1) is 7.01. The van der Waals surface area contributed by atoms with Gasteiger partial charge in [-0.3, -0.25) is 0 Å². The Kier molecular flexibility index (Phi) is 3.15. The van der Waals surface area contributed by atoms with Gasteiger partial charge in [-0.15, -0.1) is 0 Å². The Bertz CT molecular complexity index is 378. The highest BCUT2D eigenvalue weighted by Crippen LogP contribution is 2.43. The highest BCUT2D eigenvalue weighted by atomic mass is 79.9. The Morgan fingerprint density at radius 1 is 1.47 bits per heavy atom. The highest BCUT2D eigenvalue weighted by molar-refractivity contribution is 9.10. The van der Waals surface area contributed by atoms with Crippen molar-refractivity contribution in [1.29, 1.82) is 0 Å². The van der Waals surface area contributed by atoms with E-state index in [4.69, 9.17) is 0 Å². The summed E-state index contributed by atoms with van der Waals surface area (Å²) >= 11 is 5.30. The summed E-state index contributed by atoms with van der Waals surface area (Å²) in [7, 11) is 0. The molecule has 0 bridgehead atoms. The van der Waals surface area contributed by atoms with Gasteiger partial charge in [0.05, 0.1) is 5.54 Å². The lowest BCUT2D eigenvalue weighted by Gasteiger charge is -2.27. The second kappa shape index (κ2) is 4.11. The van der Waals surface area contributed by atoms with Crippen molar-refractivity contribution >= 4 is 27.9 Å². The summed E-state index contributed by atoms with van der Waals surface area (Å²) in [5, 5.41) is 0. The van der Waals surface area contributed by atoms with E-state index in [1.807, 2.05) is 0 Å². The molecule has 0 aromatic heterocycles. The average molecular weight is 286 g/mol. The van der Waals surface area contributed by atoms with Crippen LogP contribution in [0.4, 0.5) is 0 Å². The fourth-order valence-corrected chi connectivity index (χ4v) is 3.63. The zero-order valence-corrected chi connectivity index (χ0v) is 11.7. The van der Waals surface area contributed by atoms with Gasteiger partial charge in [0.25, 0.3) is 0 Å². The lowest BCUT2D eigenvalue weighted by atomic mass is 9.85. The van der Waals surface area contributed by atoms with Crippen molar-refractivity contribution in [2.75, 3.05) is 0 Å². The average Bonchev–Trinajstić information content (AvgIpc) is 2.43. The van der Waals surface area contributed by atoms with Gasteiger partial charge in [0.2, 0.25) is 0 Å². The predicted octanol–water partition coefficient (Wildman–Crippen LogP) is 4.32. The molecule has 1 aromatic carbocycles. The standard InChI is InChI=1S/C12H16BrNS/c1-8(2)7-12(3)10-6-9(13)4-5-11(10)15-14-12/h4-6,8,14H,7H2,1-3H3. The molecule has 0 aliphatic carbocycles. The largest absolute Gasteiger partial charge is 0.250 e. The Morgan fingerprint density at radius 3 is 2.87 bits per heavy atom. The molecular weight excluding hydrogens is 270 g/mol. The van der Waals surface area contributed by atoms with Crippen LogP contribution in [0.15, 0.2) is 27.6 Å². The monoisotopic (exact) mass is 285 g/mol. The van der Waals surface area contributed by atoms with Crippen LogP contribution in [0.1, 0.15) is 32.8 Å². The summed E-state index contributed by atoms with van der Waals surface area (Å²) < 4.78 is 4.72. The third-order valence-corrected chi connectivity index (χ3v) is 4.36. The summed E-state index contributed by atoms with van der Waals surface area (Å²) in [5.41, 5.74) is 1.55. The number of benzene rings is 1. The van der Waals surface area contributed by atoms with Crippen LogP contribution >= 0.6 is 27.9 Å². The minimum atomic E-state index is 0.123. The maximum Gasteiger partial charge on any atom is 0.0520 e. The van der Waals surface area contributed by atoms with E-state index in [9.17, 15) is 0 Å². The van der Waals surface area contributed by atoms with Gasteiger partial charge in [-0.05, 0) is 55.0 Å². The van der Waals surface area contributed by atoms with Crippen LogP contribution in [0, 0.1) is 5.92 Å². The summed E-state index contributed by atoms with van der Waals surface area (Å²) in [5.74, 6) is 0.702.